The van der Waals surface area contributed by atoms with Crippen molar-refractivity contribution in [2.75, 3.05) is 50.2 Å². The van der Waals surface area contributed by atoms with E-state index in [2.05, 4.69) is 74.9 Å². The lowest BCUT2D eigenvalue weighted by Crippen LogP contribution is -2.58. The summed E-state index contributed by atoms with van der Waals surface area (Å²) in [5.74, 6) is 2.15. The van der Waals surface area contributed by atoms with Crippen LogP contribution in [0.25, 0.3) is 0 Å². The van der Waals surface area contributed by atoms with E-state index in [-0.39, 0.29) is 0 Å². The van der Waals surface area contributed by atoms with Crippen molar-refractivity contribution in [3.05, 3.63) is 35.4 Å². The fourth-order valence-electron chi connectivity index (χ4n) is 8.86. The summed E-state index contributed by atoms with van der Waals surface area (Å²) in [4.78, 5) is 5.45. The van der Waals surface area contributed by atoms with Crippen molar-refractivity contribution in [2.45, 2.75) is 201 Å². The van der Waals surface area contributed by atoms with Crippen molar-refractivity contribution in [2.24, 2.45) is 0 Å². The molecule has 1 aliphatic rings. The Kier molecular flexibility index (Phi) is 22.8. The molecule has 0 unspecified atom stereocenters. The Morgan fingerprint density at radius 1 is 0.426 bits per heavy atom. The summed E-state index contributed by atoms with van der Waals surface area (Å²) >= 11 is 0. The van der Waals surface area contributed by atoms with Gasteiger partial charge in [-0.3, -0.25) is 0 Å². The fraction of sp³-hybridized carbons (Fsp3) is 0.755. The Morgan fingerprint density at radius 2 is 0.704 bits per heavy atom. The molecule has 0 bridgehead atoms. The van der Waals surface area contributed by atoms with E-state index in [1.807, 2.05) is 14.2 Å². The van der Waals surface area contributed by atoms with E-state index in [9.17, 15) is 0 Å². The molecule has 1 aliphatic heterocycles. The van der Waals surface area contributed by atoms with E-state index in [1.165, 1.54) is 177 Å². The number of fused-ring (bicyclic) bond motifs is 2. The van der Waals surface area contributed by atoms with Crippen LogP contribution in [0.3, 0.4) is 0 Å². The molecule has 0 spiro atoms. The number of anilines is 2. The van der Waals surface area contributed by atoms with Crippen LogP contribution in [-0.2, 0) is 6.42 Å². The number of unbranched alkanes of at least 4 members (excludes halogenated alkanes) is 20. The van der Waals surface area contributed by atoms with Gasteiger partial charge >= 0.3 is 0 Å². The van der Waals surface area contributed by atoms with E-state index >= 15 is 0 Å². The molecule has 0 fully saturated rings. The van der Waals surface area contributed by atoms with E-state index in [1.54, 1.807) is 10.4 Å². The average molecular weight is 763 g/mol. The molecule has 308 valence electrons. The number of benzene rings is 2. The first-order valence-corrected chi connectivity index (χ1v) is 26.3. The second-order valence-electron chi connectivity index (χ2n) is 17.2. The molecule has 0 saturated heterocycles. The largest absolute Gasteiger partial charge is 0.496 e. The molecule has 2 aromatic rings. The molecule has 0 atom stereocenters. The minimum Gasteiger partial charge on any atom is -0.496 e. The SMILES string of the molecule is CCCCCCCCN(CCCCCCCC)c1cc(OC)c2c(c1)[Si](C)(C)c1cc(N(CCCCCCCC)CCCCCCCC)cc(OC)c1C2. The molecule has 1 heterocycles. The van der Waals surface area contributed by atoms with Crippen molar-refractivity contribution in [3.63, 3.8) is 0 Å². The van der Waals surface area contributed by atoms with Gasteiger partial charge in [0, 0.05) is 56.1 Å². The first-order valence-electron chi connectivity index (χ1n) is 23.3. The lowest BCUT2D eigenvalue weighted by Gasteiger charge is -2.38. The second kappa shape index (κ2) is 26.7. The summed E-state index contributed by atoms with van der Waals surface area (Å²) < 4.78 is 12.6. The zero-order valence-electron chi connectivity index (χ0n) is 37.0. The van der Waals surface area contributed by atoms with Gasteiger partial charge in [0.05, 0.1) is 14.2 Å². The molecule has 0 N–H and O–H groups in total. The van der Waals surface area contributed by atoms with Crippen molar-refractivity contribution in [1.82, 2.24) is 0 Å². The first-order chi connectivity index (χ1) is 26.4. The molecule has 0 radical (unpaired) electrons. The number of methoxy groups -OCH3 is 2. The molecule has 3 rings (SSSR count). The molecule has 5 heteroatoms. The summed E-state index contributed by atoms with van der Waals surface area (Å²) in [6, 6.07) is 9.99. The smallest absolute Gasteiger partial charge is 0.124 e. The Balaban J connectivity index is 1.94. The number of ether oxygens (including phenoxy) is 2. The summed E-state index contributed by atoms with van der Waals surface area (Å²) in [7, 11) is 1.67. The van der Waals surface area contributed by atoms with Gasteiger partial charge in [-0.1, -0.05) is 169 Å². The van der Waals surface area contributed by atoms with Gasteiger partial charge in [-0.2, -0.15) is 0 Å². The van der Waals surface area contributed by atoms with Crippen LogP contribution in [-0.4, -0.2) is 48.5 Å². The average Bonchev–Trinajstić information content (AvgIpc) is 3.18. The van der Waals surface area contributed by atoms with E-state index in [4.69, 9.17) is 9.47 Å². The van der Waals surface area contributed by atoms with E-state index < -0.39 is 8.07 Å². The Morgan fingerprint density at radius 3 is 0.981 bits per heavy atom. The topological polar surface area (TPSA) is 24.9 Å². The maximum atomic E-state index is 6.29. The molecule has 4 nitrogen and oxygen atoms in total. The van der Waals surface area contributed by atoms with Crippen LogP contribution in [0.2, 0.25) is 13.1 Å². The molecule has 54 heavy (non-hydrogen) atoms. The van der Waals surface area contributed by atoms with Crippen LogP contribution < -0.4 is 29.6 Å². The standard InChI is InChI=1S/C49H86N2O2Si/c1-9-13-17-21-25-29-33-50(34-30-26-22-18-14-10-2)42-37-46(52-5)44-41-45-47(53-6)38-43(40-49(45)54(7,8)48(44)39-42)51(35-31-27-23-19-15-11-3)36-32-28-24-20-16-12-4/h37-40H,9-36,41H2,1-8H3. The predicted molar refractivity (Wildman–Crippen MR) is 243 cm³/mol. The van der Waals surface area contributed by atoms with Crippen LogP contribution in [0.15, 0.2) is 24.3 Å². The minimum atomic E-state index is -2.11. The molecule has 0 saturated carbocycles. The highest BCUT2D eigenvalue weighted by Crippen LogP contribution is 2.37. The zero-order chi connectivity index (χ0) is 39.0. The van der Waals surface area contributed by atoms with Crippen LogP contribution in [0, 0.1) is 0 Å². The van der Waals surface area contributed by atoms with Crippen molar-refractivity contribution in [3.8, 4) is 11.5 Å². The third-order valence-corrected chi connectivity index (χ3v) is 16.0. The van der Waals surface area contributed by atoms with Gasteiger partial charge in [0.2, 0.25) is 0 Å². The van der Waals surface area contributed by atoms with Crippen molar-refractivity contribution in [1.29, 1.82) is 0 Å². The third-order valence-electron chi connectivity index (χ3n) is 12.4. The quantitative estimate of drug-likeness (QED) is 0.0547. The highest BCUT2D eigenvalue weighted by molar-refractivity contribution is 7.01. The fourth-order valence-corrected chi connectivity index (χ4v) is 12.1. The second-order valence-corrected chi connectivity index (χ2v) is 21.5. The van der Waals surface area contributed by atoms with Gasteiger partial charge in [0.1, 0.15) is 19.6 Å². The lowest BCUT2D eigenvalue weighted by atomic mass is 10.00. The van der Waals surface area contributed by atoms with E-state index in [0.29, 0.717) is 0 Å². The summed E-state index contributed by atoms with van der Waals surface area (Å²) in [6.45, 7) is 19.0. The van der Waals surface area contributed by atoms with Gasteiger partial charge in [0.25, 0.3) is 0 Å². The van der Waals surface area contributed by atoms with Gasteiger partial charge in [-0.25, -0.2) is 0 Å². The number of hydrogen-bond acceptors (Lipinski definition) is 4. The van der Waals surface area contributed by atoms with Gasteiger partial charge in [0.15, 0.2) is 0 Å². The maximum absolute atomic E-state index is 6.29. The zero-order valence-corrected chi connectivity index (χ0v) is 38.0. The lowest BCUT2D eigenvalue weighted by molar-refractivity contribution is 0.405. The third kappa shape index (κ3) is 14.7. The monoisotopic (exact) mass is 763 g/mol. The molecule has 0 aromatic heterocycles. The Labute approximate surface area is 336 Å². The van der Waals surface area contributed by atoms with Crippen LogP contribution in [0.4, 0.5) is 11.4 Å². The van der Waals surface area contributed by atoms with Crippen LogP contribution >= 0.6 is 0 Å². The summed E-state index contributed by atoms with van der Waals surface area (Å²) in [5, 5.41) is 3.13. The predicted octanol–water partition coefficient (Wildman–Crippen LogP) is 13.5. The summed E-state index contributed by atoms with van der Waals surface area (Å²) in [6.07, 6.45) is 33.0. The highest BCUT2D eigenvalue weighted by atomic mass is 28.3. The Bertz CT molecular complexity index is 1170. The maximum Gasteiger partial charge on any atom is 0.124 e. The number of hydrogen-bond donors (Lipinski definition) is 0. The van der Waals surface area contributed by atoms with Crippen molar-refractivity contribution < 1.29 is 9.47 Å². The Hall–Kier alpha value is -2.14. The molecule has 2 aromatic carbocycles. The van der Waals surface area contributed by atoms with Crippen LogP contribution in [0.1, 0.15) is 193 Å². The normalized spacial score (nSPS) is 13.1. The van der Waals surface area contributed by atoms with Gasteiger partial charge in [-0.05, 0) is 59.3 Å². The minimum absolute atomic E-state index is 0.887. The van der Waals surface area contributed by atoms with Gasteiger partial charge < -0.3 is 19.3 Å². The van der Waals surface area contributed by atoms with Crippen LogP contribution in [0.5, 0.6) is 11.5 Å². The molecule has 0 aliphatic carbocycles. The van der Waals surface area contributed by atoms with Crippen molar-refractivity contribution >= 4 is 29.8 Å². The molecular formula is C49H86N2O2Si. The number of rotatable bonds is 32. The first kappa shape index (κ1) is 46.2. The highest BCUT2D eigenvalue weighted by Gasteiger charge is 2.39. The van der Waals surface area contributed by atoms with E-state index in [0.717, 1.165) is 44.1 Å². The number of nitrogens with zero attached hydrogens (tertiary/aromatic N) is 2. The van der Waals surface area contributed by atoms with Gasteiger partial charge in [-0.15, -0.1) is 0 Å². The molecule has 0 amide bonds. The summed E-state index contributed by atoms with van der Waals surface area (Å²) in [5.41, 5.74) is 5.55. The molecular weight excluding hydrogens is 677 g/mol.